The smallest absolute Gasteiger partial charge is 0.191 e. The lowest BCUT2D eigenvalue weighted by Gasteiger charge is -2.31. The van der Waals surface area contributed by atoms with Crippen LogP contribution in [0.1, 0.15) is 12.8 Å². The molecular formula is C8H18IN3O. The Morgan fingerprint density at radius 1 is 1.46 bits per heavy atom. The molecule has 0 atom stereocenters. The van der Waals surface area contributed by atoms with Gasteiger partial charge in [-0.1, -0.05) is 0 Å². The van der Waals surface area contributed by atoms with E-state index >= 15 is 0 Å². The van der Waals surface area contributed by atoms with Gasteiger partial charge in [0.2, 0.25) is 0 Å². The zero-order valence-corrected chi connectivity index (χ0v) is 10.7. The molecule has 5 heteroatoms. The highest BCUT2D eigenvalue weighted by atomic mass is 127. The van der Waals surface area contributed by atoms with Gasteiger partial charge in [-0.05, 0) is 12.8 Å². The molecule has 0 unspecified atom stereocenters. The number of guanidine groups is 1. The van der Waals surface area contributed by atoms with Gasteiger partial charge in [-0.25, -0.2) is 4.99 Å². The number of methoxy groups -OCH3 is 1. The molecular weight excluding hydrogens is 281 g/mol. The predicted molar refractivity (Wildman–Crippen MR) is 64.5 cm³/mol. The molecule has 1 fully saturated rings. The second kappa shape index (κ2) is 5.64. The Balaban J connectivity index is 0.00000144. The zero-order chi connectivity index (χ0) is 9.14. The average Bonchev–Trinajstić information content (AvgIpc) is 1.94. The second-order valence-corrected chi connectivity index (χ2v) is 3.36. The van der Waals surface area contributed by atoms with Crippen LogP contribution < -0.4 is 5.73 Å². The summed E-state index contributed by atoms with van der Waals surface area (Å²) in [5.74, 6) is 0.606. The van der Waals surface area contributed by atoms with Crippen LogP contribution in [0, 0.1) is 0 Å². The van der Waals surface area contributed by atoms with Crippen molar-refractivity contribution in [1.29, 1.82) is 0 Å². The van der Waals surface area contributed by atoms with Gasteiger partial charge in [0.05, 0.1) is 12.1 Å². The molecule has 2 N–H and O–H groups in total. The lowest BCUT2D eigenvalue weighted by molar-refractivity contribution is 0.0282. The molecule has 0 bridgehead atoms. The number of nitrogens with zero attached hydrogens (tertiary/aromatic N) is 2. The molecule has 0 aromatic rings. The van der Waals surface area contributed by atoms with Crippen LogP contribution in [0.15, 0.2) is 4.99 Å². The molecule has 0 heterocycles. The number of ether oxygens (including phenoxy) is 1. The first kappa shape index (κ1) is 13.0. The van der Waals surface area contributed by atoms with Gasteiger partial charge in [0.1, 0.15) is 0 Å². The molecule has 0 aliphatic heterocycles. The van der Waals surface area contributed by atoms with Crippen molar-refractivity contribution in [3.63, 3.8) is 0 Å². The third-order valence-corrected chi connectivity index (χ3v) is 2.18. The Bertz CT molecular complexity index is 178. The lowest BCUT2D eigenvalue weighted by atomic mass is 9.90. The molecule has 0 aromatic heterocycles. The van der Waals surface area contributed by atoms with E-state index in [1.165, 1.54) is 0 Å². The van der Waals surface area contributed by atoms with Crippen LogP contribution in [0.4, 0.5) is 0 Å². The summed E-state index contributed by atoms with van der Waals surface area (Å²) in [7, 11) is 5.52. The summed E-state index contributed by atoms with van der Waals surface area (Å²) >= 11 is 0. The SMILES string of the molecule is COC1CC(N=C(N)N(C)C)C1.I. The molecule has 1 saturated carbocycles. The van der Waals surface area contributed by atoms with E-state index in [1.807, 2.05) is 19.0 Å². The molecule has 78 valence electrons. The van der Waals surface area contributed by atoms with E-state index in [2.05, 4.69) is 4.99 Å². The summed E-state index contributed by atoms with van der Waals surface area (Å²) in [6, 6.07) is 0.373. The van der Waals surface area contributed by atoms with E-state index in [-0.39, 0.29) is 24.0 Å². The van der Waals surface area contributed by atoms with E-state index in [4.69, 9.17) is 10.5 Å². The summed E-state index contributed by atoms with van der Waals surface area (Å²) in [5, 5.41) is 0. The first-order valence-corrected chi connectivity index (χ1v) is 4.17. The number of rotatable bonds is 2. The summed E-state index contributed by atoms with van der Waals surface area (Å²) in [6.07, 6.45) is 2.41. The van der Waals surface area contributed by atoms with Crippen molar-refractivity contribution >= 4 is 29.9 Å². The van der Waals surface area contributed by atoms with Gasteiger partial charge in [0.25, 0.3) is 0 Å². The quantitative estimate of drug-likeness (QED) is 0.463. The summed E-state index contributed by atoms with van der Waals surface area (Å²) in [6.45, 7) is 0. The van der Waals surface area contributed by atoms with Crippen molar-refractivity contribution in [2.75, 3.05) is 21.2 Å². The fraction of sp³-hybridized carbons (Fsp3) is 0.875. The van der Waals surface area contributed by atoms with Gasteiger partial charge < -0.3 is 15.4 Å². The van der Waals surface area contributed by atoms with E-state index in [0.717, 1.165) is 12.8 Å². The van der Waals surface area contributed by atoms with Crippen LogP contribution in [0.3, 0.4) is 0 Å². The number of nitrogens with two attached hydrogens (primary N) is 1. The predicted octanol–water partition coefficient (Wildman–Crippen LogP) is 0.658. The molecule has 1 rings (SSSR count). The summed E-state index contributed by atoms with van der Waals surface area (Å²) in [4.78, 5) is 6.14. The van der Waals surface area contributed by atoms with E-state index < -0.39 is 0 Å². The van der Waals surface area contributed by atoms with Crippen molar-refractivity contribution in [2.45, 2.75) is 25.0 Å². The van der Waals surface area contributed by atoms with Crippen molar-refractivity contribution in [2.24, 2.45) is 10.7 Å². The van der Waals surface area contributed by atoms with Gasteiger partial charge >= 0.3 is 0 Å². The van der Waals surface area contributed by atoms with Gasteiger partial charge in [0.15, 0.2) is 5.96 Å². The summed E-state index contributed by atoms with van der Waals surface area (Å²) in [5.41, 5.74) is 5.65. The zero-order valence-electron chi connectivity index (χ0n) is 8.36. The second-order valence-electron chi connectivity index (χ2n) is 3.36. The molecule has 0 saturated heterocycles. The van der Waals surface area contributed by atoms with Crippen molar-refractivity contribution < 1.29 is 4.74 Å². The third-order valence-electron chi connectivity index (χ3n) is 2.18. The number of aliphatic imine (C=N–C) groups is 1. The Hall–Kier alpha value is -0.0400. The molecule has 0 spiro atoms. The first-order chi connectivity index (χ1) is 5.63. The largest absolute Gasteiger partial charge is 0.381 e. The first-order valence-electron chi connectivity index (χ1n) is 4.17. The third kappa shape index (κ3) is 3.68. The highest BCUT2D eigenvalue weighted by Gasteiger charge is 2.28. The topological polar surface area (TPSA) is 50.9 Å². The minimum absolute atomic E-state index is 0. The normalized spacial score (nSPS) is 27.5. The number of hydrogen-bond acceptors (Lipinski definition) is 2. The molecule has 4 nitrogen and oxygen atoms in total. The highest BCUT2D eigenvalue weighted by molar-refractivity contribution is 14.0. The van der Waals surface area contributed by atoms with Crippen LogP contribution in [0.2, 0.25) is 0 Å². The Labute approximate surface area is 96.5 Å². The molecule has 1 aliphatic carbocycles. The van der Waals surface area contributed by atoms with Gasteiger partial charge in [-0.2, -0.15) is 0 Å². The average molecular weight is 299 g/mol. The van der Waals surface area contributed by atoms with Crippen molar-refractivity contribution in [3.8, 4) is 0 Å². The Morgan fingerprint density at radius 3 is 2.38 bits per heavy atom. The summed E-state index contributed by atoms with van der Waals surface area (Å²) < 4.78 is 5.13. The Morgan fingerprint density at radius 2 is 2.00 bits per heavy atom. The fourth-order valence-electron chi connectivity index (χ4n) is 1.14. The van der Waals surface area contributed by atoms with Crippen molar-refractivity contribution in [1.82, 2.24) is 4.90 Å². The van der Waals surface area contributed by atoms with Crippen LogP contribution in [-0.4, -0.2) is 44.2 Å². The van der Waals surface area contributed by atoms with Crippen LogP contribution in [0.5, 0.6) is 0 Å². The van der Waals surface area contributed by atoms with E-state index in [9.17, 15) is 0 Å². The molecule has 1 aliphatic rings. The number of hydrogen-bond donors (Lipinski definition) is 1. The minimum atomic E-state index is 0. The standard InChI is InChI=1S/C8H17N3O.HI/c1-11(2)8(9)10-6-4-7(5-6)12-3;/h6-7H,4-5H2,1-3H3,(H2,9,10);1H. The van der Waals surface area contributed by atoms with Gasteiger partial charge in [-0.3, -0.25) is 0 Å². The maximum atomic E-state index is 5.65. The molecule has 0 aromatic carbocycles. The number of halogens is 1. The molecule has 13 heavy (non-hydrogen) atoms. The van der Waals surface area contributed by atoms with Gasteiger partial charge in [0, 0.05) is 21.2 Å². The van der Waals surface area contributed by atoms with E-state index in [0.29, 0.717) is 18.1 Å². The van der Waals surface area contributed by atoms with Crippen molar-refractivity contribution in [3.05, 3.63) is 0 Å². The minimum Gasteiger partial charge on any atom is -0.381 e. The van der Waals surface area contributed by atoms with Crippen LogP contribution in [0.25, 0.3) is 0 Å². The van der Waals surface area contributed by atoms with Crippen LogP contribution in [-0.2, 0) is 4.74 Å². The maximum Gasteiger partial charge on any atom is 0.191 e. The Kier molecular flexibility index (Phi) is 5.62. The van der Waals surface area contributed by atoms with E-state index in [1.54, 1.807) is 7.11 Å². The van der Waals surface area contributed by atoms with Gasteiger partial charge in [-0.15, -0.1) is 24.0 Å². The molecule has 0 amide bonds. The highest BCUT2D eigenvalue weighted by Crippen LogP contribution is 2.25. The monoisotopic (exact) mass is 299 g/mol. The fourth-order valence-corrected chi connectivity index (χ4v) is 1.14. The maximum absolute atomic E-state index is 5.65. The lowest BCUT2D eigenvalue weighted by Crippen LogP contribution is -2.38. The molecule has 0 radical (unpaired) electrons. The van der Waals surface area contributed by atoms with Crippen LogP contribution >= 0.6 is 24.0 Å².